The summed E-state index contributed by atoms with van der Waals surface area (Å²) < 4.78 is 9.89. The Hall–Kier alpha value is -3.15. The third-order valence-corrected chi connectivity index (χ3v) is 3.23. The van der Waals surface area contributed by atoms with Crippen LogP contribution in [0.4, 0.5) is 5.88 Å². The number of benzene rings is 1. The minimum Gasteiger partial charge on any atom is -0.463 e. The number of esters is 1. The number of amides is 2. The van der Waals surface area contributed by atoms with Crippen molar-refractivity contribution in [3.63, 3.8) is 0 Å². The van der Waals surface area contributed by atoms with E-state index >= 15 is 0 Å². The molecule has 1 aromatic heterocycles. The molecule has 0 saturated heterocycles. The summed E-state index contributed by atoms with van der Waals surface area (Å²) in [5.41, 5.74) is 0.334. The molecule has 0 aliphatic heterocycles. The lowest BCUT2D eigenvalue weighted by Crippen LogP contribution is -2.36. The van der Waals surface area contributed by atoms with Gasteiger partial charge in [-0.25, -0.2) is 9.69 Å². The van der Waals surface area contributed by atoms with Gasteiger partial charge in [0.05, 0.1) is 7.11 Å². The predicted molar refractivity (Wildman–Crippen MR) is 87.7 cm³/mol. The van der Waals surface area contributed by atoms with Crippen LogP contribution in [0.25, 0.3) is 0 Å². The second kappa shape index (κ2) is 7.92. The minimum atomic E-state index is -0.688. The fourth-order valence-electron chi connectivity index (χ4n) is 2.04. The lowest BCUT2D eigenvalue weighted by Gasteiger charge is -2.18. The molecule has 124 valence electrons. The van der Waals surface area contributed by atoms with Crippen molar-refractivity contribution in [1.82, 2.24) is 0 Å². The van der Waals surface area contributed by atoms with Crippen LogP contribution in [-0.4, -0.2) is 24.9 Å². The van der Waals surface area contributed by atoms with Gasteiger partial charge in [-0.05, 0) is 24.6 Å². The first kappa shape index (κ1) is 17.2. The summed E-state index contributed by atoms with van der Waals surface area (Å²) in [7, 11) is 1.21. The topological polar surface area (TPSA) is 76.8 Å². The molecule has 0 fully saturated rings. The Kier molecular flexibility index (Phi) is 5.68. The summed E-state index contributed by atoms with van der Waals surface area (Å²) in [6, 6.07) is 11.1. The number of hydrogen-bond donors (Lipinski definition) is 0. The number of carbonyl (C=O) groups is 3. The van der Waals surface area contributed by atoms with E-state index in [0.717, 1.165) is 4.90 Å². The standard InChI is InChI=1S/C18H17NO5/c1-3-4-10-15(20)19(17(21)13-8-6-5-7-9-13)16-12-11-14(24-16)18(22)23-2/h3,5-9,11-12H,1,4,10H2,2H3. The molecule has 6 heteroatoms. The molecule has 2 amide bonds. The van der Waals surface area contributed by atoms with Crippen LogP contribution in [0.3, 0.4) is 0 Å². The van der Waals surface area contributed by atoms with E-state index in [2.05, 4.69) is 11.3 Å². The van der Waals surface area contributed by atoms with Crippen molar-refractivity contribution in [2.75, 3.05) is 12.0 Å². The van der Waals surface area contributed by atoms with E-state index in [-0.39, 0.29) is 18.1 Å². The number of rotatable bonds is 6. The van der Waals surface area contributed by atoms with Gasteiger partial charge in [0.2, 0.25) is 17.6 Å². The summed E-state index contributed by atoms with van der Waals surface area (Å²) in [6.07, 6.45) is 2.10. The zero-order valence-electron chi connectivity index (χ0n) is 13.2. The highest BCUT2D eigenvalue weighted by molar-refractivity contribution is 6.20. The van der Waals surface area contributed by atoms with E-state index in [1.807, 2.05) is 0 Å². The van der Waals surface area contributed by atoms with E-state index in [0.29, 0.717) is 12.0 Å². The van der Waals surface area contributed by atoms with Crippen LogP contribution >= 0.6 is 0 Å². The molecule has 0 N–H and O–H groups in total. The van der Waals surface area contributed by atoms with Crippen molar-refractivity contribution < 1.29 is 23.5 Å². The summed E-state index contributed by atoms with van der Waals surface area (Å²) >= 11 is 0. The molecule has 1 heterocycles. The molecule has 0 saturated carbocycles. The van der Waals surface area contributed by atoms with Crippen LogP contribution < -0.4 is 4.90 Å². The number of nitrogens with zero attached hydrogens (tertiary/aromatic N) is 1. The summed E-state index contributed by atoms with van der Waals surface area (Å²) in [5.74, 6) is -1.79. The maximum Gasteiger partial charge on any atom is 0.374 e. The Morgan fingerprint density at radius 2 is 1.88 bits per heavy atom. The van der Waals surface area contributed by atoms with Crippen LogP contribution in [-0.2, 0) is 9.53 Å². The van der Waals surface area contributed by atoms with Crippen LogP contribution in [0.2, 0.25) is 0 Å². The number of anilines is 1. The molecule has 2 aromatic rings. The van der Waals surface area contributed by atoms with E-state index in [1.165, 1.54) is 19.2 Å². The third kappa shape index (κ3) is 3.78. The van der Waals surface area contributed by atoms with Crippen LogP contribution in [0.5, 0.6) is 0 Å². The molecule has 0 spiro atoms. The number of hydrogen-bond acceptors (Lipinski definition) is 5. The van der Waals surface area contributed by atoms with Gasteiger partial charge in [0.25, 0.3) is 5.91 Å². The summed E-state index contributed by atoms with van der Waals surface area (Å²) in [6.45, 7) is 3.57. The Bertz CT molecular complexity index is 748. The Balaban J connectivity index is 2.37. The number of allylic oxidation sites excluding steroid dienone is 1. The highest BCUT2D eigenvalue weighted by Crippen LogP contribution is 2.23. The lowest BCUT2D eigenvalue weighted by atomic mass is 10.2. The molecule has 6 nitrogen and oxygen atoms in total. The second-order valence-corrected chi connectivity index (χ2v) is 4.86. The zero-order valence-corrected chi connectivity index (χ0v) is 13.2. The van der Waals surface area contributed by atoms with Gasteiger partial charge < -0.3 is 9.15 Å². The molecule has 0 radical (unpaired) electrons. The van der Waals surface area contributed by atoms with Crippen LogP contribution in [0, 0.1) is 0 Å². The normalized spacial score (nSPS) is 10.0. The average Bonchev–Trinajstić information content (AvgIpc) is 3.09. The van der Waals surface area contributed by atoms with E-state index < -0.39 is 17.8 Å². The van der Waals surface area contributed by atoms with E-state index in [1.54, 1.807) is 36.4 Å². The first-order valence-electron chi connectivity index (χ1n) is 7.30. The highest BCUT2D eigenvalue weighted by Gasteiger charge is 2.27. The molecular weight excluding hydrogens is 310 g/mol. The van der Waals surface area contributed by atoms with Crippen molar-refractivity contribution in [3.05, 3.63) is 66.4 Å². The van der Waals surface area contributed by atoms with Gasteiger partial charge in [-0.2, -0.15) is 0 Å². The number of furan rings is 1. The van der Waals surface area contributed by atoms with Gasteiger partial charge in [-0.1, -0.05) is 24.3 Å². The third-order valence-electron chi connectivity index (χ3n) is 3.23. The second-order valence-electron chi connectivity index (χ2n) is 4.86. The van der Waals surface area contributed by atoms with Crippen LogP contribution in [0.1, 0.15) is 33.8 Å². The number of ether oxygens (including phenoxy) is 1. The average molecular weight is 327 g/mol. The van der Waals surface area contributed by atoms with Gasteiger partial charge >= 0.3 is 5.97 Å². The van der Waals surface area contributed by atoms with Crippen molar-refractivity contribution in [2.45, 2.75) is 12.8 Å². The minimum absolute atomic E-state index is 0.0293. The smallest absolute Gasteiger partial charge is 0.374 e. The number of methoxy groups -OCH3 is 1. The molecule has 24 heavy (non-hydrogen) atoms. The molecule has 0 bridgehead atoms. The van der Waals surface area contributed by atoms with Gasteiger partial charge in [0.15, 0.2) is 0 Å². The molecule has 0 unspecified atom stereocenters. The van der Waals surface area contributed by atoms with Crippen LogP contribution in [0.15, 0.2) is 59.5 Å². The van der Waals surface area contributed by atoms with Gasteiger partial charge in [0.1, 0.15) is 0 Å². The quantitative estimate of drug-likeness (QED) is 0.601. The maximum atomic E-state index is 12.7. The summed E-state index contributed by atoms with van der Waals surface area (Å²) in [5, 5.41) is 0. The van der Waals surface area contributed by atoms with Gasteiger partial charge in [-0.3, -0.25) is 9.59 Å². The van der Waals surface area contributed by atoms with Gasteiger partial charge in [0, 0.05) is 18.1 Å². The molecule has 1 aromatic carbocycles. The Morgan fingerprint density at radius 3 is 2.50 bits per heavy atom. The lowest BCUT2D eigenvalue weighted by molar-refractivity contribution is -0.118. The largest absolute Gasteiger partial charge is 0.463 e. The number of imide groups is 1. The Labute approximate surface area is 139 Å². The van der Waals surface area contributed by atoms with Crippen molar-refractivity contribution in [2.24, 2.45) is 0 Å². The first-order chi connectivity index (χ1) is 11.6. The number of carbonyl (C=O) groups excluding carboxylic acids is 3. The van der Waals surface area contributed by atoms with Gasteiger partial charge in [-0.15, -0.1) is 6.58 Å². The first-order valence-corrected chi connectivity index (χ1v) is 7.30. The van der Waals surface area contributed by atoms with Crippen molar-refractivity contribution in [1.29, 1.82) is 0 Å². The molecule has 0 aliphatic rings. The summed E-state index contributed by atoms with van der Waals surface area (Å²) in [4.78, 5) is 37.6. The monoisotopic (exact) mass is 327 g/mol. The molecular formula is C18H17NO5. The zero-order chi connectivity index (χ0) is 17.5. The van der Waals surface area contributed by atoms with Crippen molar-refractivity contribution >= 4 is 23.7 Å². The van der Waals surface area contributed by atoms with Crippen molar-refractivity contribution in [3.8, 4) is 0 Å². The predicted octanol–water partition coefficient (Wildman–Crippen LogP) is 3.21. The molecule has 0 aliphatic carbocycles. The maximum absolute atomic E-state index is 12.7. The van der Waals surface area contributed by atoms with E-state index in [4.69, 9.17) is 4.42 Å². The molecule has 2 rings (SSSR count). The fraction of sp³-hybridized carbons (Fsp3) is 0.167. The highest BCUT2D eigenvalue weighted by atomic mass is 16.5. The SMILES string of the molecule is C=CCCC(=O)N(C(=O)c1ccccc1)c1ccc(C(=O)OC)o1. The van der Waals surface area contributed by atoms with E-state index in [9.17, 15) is 14.4 Å². The molecule has 0 atom stereocenters. The Morgan fingerprint density at radius 1 is 1.17 bits per heavy atom. The fourth-order valence-corrected chi connectivity index (χ4v) is 2.04.